The van der Waals surface area contributed by atoms with Gasteiger partial charge in [0.2, 0.25) is 6.41 Å². The third-order valence-electron chi connectivity index (χ3n) is 6.02. The zero-order valence-electron chi connectivity index (χ0n) is 21.3. The molecule has 1 fully saturated rings. The number of ether oxygens (including phenoxy) is 1. The second-order valence-corrected chi connectivity index (χ2v) is 8.80. The van der Waals surface area contributed by atoms with Crippen LogP contribution in [0.2, 0.25) is 0 Å². The van der Waals surface area contributed by atoms with Gasteiger partial charge < -0.3 is 25.3 Å². The molecular weight excluding hydrogens is 485 g/mol. The molecule has 196 valence electrons. The van der Waals surface area contributed by atoms with E-state index >= 15 is 0 Å². The van der Waals surface area contributed by atoms with Gasteiger partial charge in [-0.25, -0.2) is 4.39 Å². The maximum Gasteiger partial charge on any atom is 0.255 e. The highest BCUT2D eigenvalue weighted by atomic mass is 19.1. The minimum atomic E-state index is -0.385. The Morgan fingerprint density at radius 2 is 1.87 bits per heavy atom. The number of rotatable bonds is 7. The number of nitrogens with one attached hydrogen (secondary N) is 3. The van der Waals surface area contributed by atoms with Gasteiger partial charge in [-0.05, 0) is 61.7 Å². The summed E-state index contributed by atoms with van der Waals surface area (Å²) in [4.78, 5) is 31.8. The number of nitrogens with zero attached hydrogens (tertiary/aromatic N) is 2. The quantitative estimate of drug-likeness (QED) is 0.268. The van der Waals surface area contributed by atoms with Gasteiger partial charge in [0.25, 0.3) is 5.91 Å². The van der Waals surface area contributed by atoms with Crippen molar-refractivity contribution >= 4 is 23.7 Å². The monoisotopic (exact) mass is 515 g/mol. The highest BCUT2D eigenvalue weighted by molar-refractivity contribution is 5.95. The van der Waals surface area contributed by atoms with E-state index in [4.69, 9.17) is 4.74 Å². The minimum absolute atomic E-state index is 0.0347. The molecule has 0 unspecified atom stereocenters. The van der Waals surface area contributed by atoms with Gasteiger partial charge in [-0.3, -0.25) is 14.6 Å². The number of carbonyl (C=O) groups excluding carboxylic acids is 2. The highest BCUT2D eigenvalue weighted by Gasteiger charge is 2.20. The smallest absolute Gasteiger partial charge is 0.255 e. The van der Waals surface area contributed by atoms with Crippen LogP contribution >= 0.6 is 0 Å². The van der Waals surface area contributed by atoms with Crippen LogP contribution in [-0.4, -0.2) is 47.3 Å². The lowest BCUT2D eigenvalue weighted by molar-refractivity contribution is -0.105. The number of benzene rings is 2. The minimum Gasteiger partial charge on any atom is -0.457 e. The Morgan fingerprint density at radius 3 is 2.58 bits per heavy atom. The first kappa shape index (κ1) is 26.4. The maximum absolute atomic E-state index is 13.9. The molecule has 2 aromatic carbocycles. The zero-order valence-corrected chi connectivity index (χ0v) is 21.3. The normalized spacial score (nSPS) is 12.3. The number of aryl methyl sites for hydroxylation is 1. The third-order valence-corrected chi connectivity index (χ3v) is 6.02. The molecule has 8 nitrogen and oxygen atoms in total. The summed E-state index contributed by atoms with van der Waals surface area (Å²) in [6.45, 7) is 3.60. The van der Waals surface area contributed by atoms with Gasteiger partial charge in [0.15, 0.2) is 0 Å². The standard InChI is InChI=1S/C21H21FN4O2.C8H9NO/c1-23-18-5-4-15(11-17(18)22)28-16-6-7-24-20(12-16)19-10-14(13-25-19)21(27)26-8-2-3-9-26;1-7-3-2-4-8(5-7)9-6-10/h4-7,10-13,23,25H,2-3,8-9H2,1H3;2-6H,1H3,(H,9,10). The molecule has 0 radical (unpaired) electrons. The van der Waals surface area contributed by atoms with E-state index in [2.05, 4.69) is 20.6 Å². The number of likely N-dealkylation sites (tertiary alicyclic amines) is 1. The van der Waals surface area contributed by atoms with E-state index in [1.165, 1.54) is 6.07 Å². The van der Waals surface area contributed by atoms with Crippen molar-refractivity contribution in [2.45, 2.75) is 19.8 Å². The van der Waals surface area contributed by atoms with Crippen LogP contribution in [0.4, 0.5) is 15.8 Å². The van der Waals surface area contributed by atoms with Crippen LogP contribution < -0.4 is 15.4 Å². The molecule has 9 heteroatoms. The molecule has 3 N–H and O–H groups in total. The molecule has 38 heavy (non-hydrogen) atoms. The number of pyridine rings is 1. The molecule has 5 rings (SSSR count). The third kappa shape index (κ3) is 6.76. The number of H-pyrrole nitrogens is 1. The Balaban J connectivity index is 0.000000283. The largest absolute Gasteiger partial charge is 0.457 e. The van der Waals surface area contributed by atoms with Crippen LogP contribution in [0.25, 0.3) is 11.4 Å². The molecule has 1 aliphatic rings. The molecule has 0 saturated carbocycles. The number of halogens is 1. The average Bonchev–Trinajstić information content (AvgIpc) is 3.63. The summed E-state index contributed by atoms with van der Waals surface area (Å²) < 4.78 is 19.7. The Hall–Kier alpha value is -4.66. The molecule has 0 aliphatic carbocycles. The van der Waals surface area contributed by atoms with Gasteiger partial charge in [0.05, 0.1) is 22.6 Å². The zero-order chi connectivity index (χ0) is 26.9. The molecule has 0 spiro atoms. The summed E-state index contributed by atoms with van der Waals surface area (Å²) in [6, 6.07) is 17.5. The van der Waals surface area contributed by atoms with Crippen molar-refractivity contribution in [3.05, 3.63) is 90.0 Å². The van der Waals surface area contributed by atoms with E-state index < -0.39 is 0 Å². The number of carbonyl (C=O) groups is 2. The first-order chi connectivity index (χ1) is 18.5. The predicted octanol–water partition coefficient (Wildman–Crippen LogP) is 5.85. The van der Waals surface area contributed by atoms with E-state index in [1.54, 1.807) is 49.8 Å². The maximum atomic E-state index is 13.9. The molecule has 2 amide bonds. The second kappa shape index (κ2) is 12.5. The fourth-order valence-electron chi connectivity index (χ4n) is 4.09. The fourth-order valence-corrected chi connectivity index (χ4v) is 4.09. The van der Waals surface area contributed by atoms with Gasteiger partial charge in [0, 0.05) is 50.4 Å². The summed E-state index contributed by atoms with van der Waals surface area (Å²) >= 11 is 0. The van der Waals surface area contributed by atoms with Gasteiger partial charge in [0.1, 0.15) is 17.3 Å². The summed E-state index contributed by atoms with van der Waals surface area (Å²) in [5.41, 5.74) is 4.39. The number of aromatic nitrogens is 2. The van der Waals surface area contributed by atoms with E-state index in [0.29, 0.717) is 34.9 Å². The fraction of sp³-hybridized carbons (Fsp3) is 0.207. The average molecular weight is 516 g/mol. The number of hydrogen-bond donors (Lipinski definition) is 3. The van der Waals surface area contributed by atoms with Crippen molar-refractivity contribution < 1.29 is 18.7 Å². The molecule has 2 aromatic heterocycles. The Kier molecular flexibility index (Phi) is 8.71. The first-order valence-corrected chi connectivity index (χ1v) is 12.3. The predicted molar refractivity (Wildman–Crippen MR) is 146 cm³/mol. The van der Waals surface area contributed by atoms with Crippen LogP contribution in [0.15, 0.2) is 73.1 Å². The van der Waals surface area contributed by atoms with Crippen LogP contribution in [0, 0.1) is 12.7 Å². The van der Waals surface area contributed by atoms with Crippen LogP contribution in [-0.2, 0) is 4.79 Å². The van der Waals surface area contributed by atoms with Crippen molar-refractivity contribution in [1.29, 1.82) is 0 Å². The van der Waals surface area contributed by atoms with Crippen molar-refractivity contribution in [2.24, 2.45) is 0 Å². The number of aromatic amines is 1. The Bertz CT molecular complexity index is 1400. The van der Waals surface area contributed by atoms with E-state index in [1.807, 2.05) is 36.1 Å². The van der Waals surface area contributed by atoms with Crippen LogP contribution in [0.3, 0.4) is 0 Å². The molecule has 1 aliphatic heterocycles. The summed E-state index contributed by atoms with van der Waals surface area (Å²) in [5, 5.41) is 5.34. The summed E-state index contributed by atoms with van der Waals surface area (Å²) in [5.74, 6) is 0.574. The van der Waals surface area contributed by atoms with Crippen LogP contribution in [0.5, 0.6) is 11.5 Å². The number of amides is 2. The summed E-state index contributed by atoms with van der Waals surface area (Å²) in [7, 11) is 1.66. The van der Waals surface area contributed by atoms with Gasteiger partial charge in [-0.2, -0.15) is 0 Å². The van der Waals surface area contributed by atoms with Gasteiger partial charge in [-0.1, -0.05) is 12.1 Å². The van der Waals surface area contributed by atoms with Crippen molar-refractivity contribution in [3.63, 3.8) is 0 Å². The van der Waals surface area contributed by atoms with Crippen molar-refractivity contribution in [2.75, 3.05) is 30.8 Å². The Labute approximate surface area is 220 Å². The first-order valence-electron chi connectivity index (χ1n) is 12.3. The van der Waals surface area contributed by atoms with E-state index in [-0.39, 0.29) is 11.7 Å². The Morgan fingerprint density at radius 1 is 1.08 bits per heavy atom. The highest BCUT2D eigenvalue weighted by Crippen LogP contribution is 2.28. The second-order valence-electron chi connectivity index (χ2n) is 8.80. The van der Waals surface area contributed by atoms with Gasteiger partial charge >= 0.3 is 0 Å². The molecule has 1 saturated heterocycles. The molecule has 0 bridgehead atoms. The lowest BCUT2D eigenvalue weighted by Crippen LogP contribution is -2.27. The SMILES string of the molecule is CNc1ccc(Oc2ccnc(-c3cc(C(=O)N4CCCC4)c[nH]3)c2)cc1F.Cc1cccc(NC=O)c1. The van der Waals surface area contributed by atoms with E-state index in [0.717, 1.165) is 42.9 Å². The van der Waals surface area contributed by atoms with Gasteiger partial charge in [-0.15, -0.1) is 0 Å². The number of hydrogen-bond acceptors (Lipinski definition) is 5. The molecule has 3 heterocycles. The molecular formula is C29H30FN5O3. The van der Waals surface area contributed by atoms with Crippen molar-refractivity contribution in [1.82, 2.24) is 14.9 Å². The molecule has 0 atom stereocenters. The van der Waals surface area contributed by atoms with E-state index in [9.17, 15) is 14.0 Å². The topological polar surface area (TPSA) is 99.3 Å². The summed E-state index contributed by atoms with van der Waals surface area (Å²) in [6.07, 6.45) is 6.11. The van der Waals surface area contributed by atoms with Crippen LogP contribution in [0.1, 0.15) is 28.8 Å². The molecule has 4 aromatic rings. The number of anilines is 2. The lowest BCUT2D eigenvalue weighted by Gasteiger charge is -2.13. The lowest BCUT2D eigenvalue weighted by atomic mass is 10.2. The van der Waals surface area contributed by atoms with Crippen molar-refractivity contribution in [3.8, 4) is 22.9 Å².